The van der Waals surface area contributed by atoms with Gasteiger partial charge >= 0.3 is 0 Å². The van der Waals surface area contributed by atoms with Gasteiger partial charge in [0, 0.05) is 43.6 Å². The van der Waals surface area contributed by atoms with Gasteiger partial charge in [0.15, 0.2) is 5.82 Å². The molecule has 0 unspecified atom stereocenters. The molecule has 0 bridgehead atoms. The lowest BCUT2D eigenvalue weighted by Crippen LogP contribution is -2.44. The molecule has 1 aliphatic carbocycles. The van der Waals surface area contributed by atoms with Crippen molar-refractivity contribution in [3.8, 4) is 11.4 Å². The lowest BCUT2D eigenvalue weighted by Gasteiger charge is -2.34. The highest BCUT2D eigenvalue weighted by molar-refractivity contribution is 5.79. The molecule has 2 aliphatic rings. The maximum absolute atomic E-state index is 12.5. The second-order valence-electron chi connectivity index (χ2n) is 7.58. The molecule has 1 saturated heterocycles. The topological polar surface area (TPSA) is 67.3 Å². The summed E-state index contributed by atoms with van der Waals surface area (Å²) < 4.78 is 5.03. The van der Waals surface area contributed by atoms with Gasteiger partial charge in [0.1, 0.15) is 5.82 Å². The molecule has 6 nitrogen and oxygen atoms in total. The Bertz CT molecular complexity index is 825. The number of rotatable bonds is 6. The van der Waals surface area contributed by atoms with Gasteiger partial charge < -0.3 is 15.0 Å². The molecule has 2 heterocycles. The number of methoxy groups -OCH3 is 1. The third-order valence-electron chi connectivity index (χ3n) is 5.64. The molecule has 0 radical (unpaired) electrons. The number of nitrogens with zero attached hydrogens (tertiary/aromatic N) is 3. The molecule has 1 N–H and O–H groups in total. The van der Waals surface area contributed by atoms with Crippen LogP contribution in [-0.4, -0.2) is 49.2 Å². The van der Waals surface area contributed by atoms with Crippen molar-refractivity contribution in [2.24, 2.45) is 5.92 Å². The molecule has 1 atom stereocenters. The lowest BCUT2D eigenvalue weighted by atomic mass is 9.96. The number of hydrogen-bond donors (Lipinski definition) is 1. The summed E-state index contributed by atoms with van der Waals surface area (Å²) >= 11 is 0. The maximum atomic E-state index is 12.5. The molecule has 1 amide bonds. The van der Waals surface area contributed by atoms with Crippen LogP contribution in [0.25, 0.3) is 11.4 Å². The molecular weight excluding hydrogens is 352 g/mol. The van der Waals surface area contributed by atoms with Gasteiger partial charge in [-0.05, 0) is 32.1 Å². The highest BCUT2D eigenvalue weighted by Crippen LogP contribution is 2.33. The van der Waals surface area contributed by atoms with Gasteiger partial charge in [0.25, 0.3) is 0 Å². The monoisotopic (exact) mass is 380 g/mol. The second-order valence-corrected chi connectivity index (χ2v) is 7.58. The van der Waals surface area contributed by atoms with E-state index in [-0.39, 0.29) is 11.8 Å². The van der Waals surface area contributed by atoms with Crippen LogP contribution in [-0.2, 0) is 22.4 Å². The van der Waals surface area contributed by atoms with Crippen LogP contribution in [0.2, 0.25) is 0 Å². The van der Waals surface area contributed by atoms with E-state index in [0.29, 0.717) is 13.2 Å². The summed E-state index contributed by atoms with van der Waals surface area (Å²) in [6, 6.07) is 10.2. The van der Waals surface area contributed by atoms with Crippen LogP contribution >= 0.6 is 0 Å². The molecule has 0 spiro atoms. The van der Waals surface area contributed by atoms with Crippen molar-refractivity contribution in [1.82, 2.24) is 15.3 Å². The number of carbonyl (C=O) groups is 1. The molecule has 0 saturated carbocycles. The molecule has 148 valence electrons. The predicted octanol–water partition coefficient (Wildman–Crippen LogP) is 2.61. The van der Waals surface area contributed by atoms with Crippen LogP contribution in [0.15, 0.2) is 30.3 Å². The zero-order valence-electron chi connectivity index (χ0n) is 16.5. The van der Waals surface area contributed by atoms with Gasteiger partial charge in [-0.3, -0.25) is 4.79 Å². The van der Waals surface area contributed by atoms with Crippen LogP contribution in [0.5, 0.6) is 0 Å². The first kappa shape index (κ1) is 18.9. The average molecular weight is 380 g/mol. The van der Waals surface area contributed by atoms with Gasteiger partial charge in [0.2, 0.25) is 5.91 Å². The fourth-order valence-corrected chi connectivity index (χ4v) is 4.19. The van der Waals surface area contributed by atoms with Crippen LogP contribution in [0.3, 0.4) is 0 Å². The molecular formula is C22H28N4O2. The fraction of sp³-hybridized carbons (Fsp3) is 0.500. The number of anilines is 1. The Morgan fingerprint density at radius 2 is 2.07 bits per heavy atom. The fourth-order valence-electron chi connectivity index (χ4n) is 4.19. The molecule has 1 fully saturated rings. The van der Waals surface area contributed by atoms with E-state index in [2.05, 4.69) is 22.3 Å². The van der Waals surface area contributed by atoms with Crippen molar-refractivity contribution in [3.05, 3.63) is 41.6 Å². The molecule has 6 heteroatoms. The van der Waals surface area contributed by atoms with Crippen LogP contribution in [0, 0.1) is 5.92 Å². The summed E-state index contributed by atoms with van der Waals surface area (Å²) in [5.74, 6) is 1.95. The Morgan fingerprint density at radius 3 is 2.89 bits per heavy atom. The van der Waals surface area contributed by atoms with E-state index in [1.807, 2.05) is 18.2 Å². The minimum absolute atomic E-state index is 0.00204. The standard InChI is InChI=1S/C22H28N4O2/c1-28-14-12-23-22(27)17-9-6-13-26(15-17)21-18-10-5-11-19(18)24-20(25-21)16-7-3-2-4-8-16/h2-4,7-8,17H,5-6,9-15H2,1H3,(H,23,27)/t17-/m1/s1. The number of hydrogen-bond acceptors (Lipinski definition) is 5. The number of amides is 1. The van der Waals surface area contributed by atoms with Crippen molar-refractivity contribution < 1.29 is 9.53 Å². The molecule has 4 rings (SSSR count). The Kier molecular flexibility index (Phi) is 5.86. The molecule has 28 heavy (non-hydrogen) atoms. The van der Waals surface area contributed by atoms with E-state index < -0.39 is 0 Å². The highest BCUT2D eigenvalue weighted by atomic mass is 16.5. The van der Waals surface area contributed by atoms with E-state index in [9.17, 15) is 4.79 Å². The Labute approximate surface area is 166 Å². The number of fused-ring (bicyclic) bond motifs is 1. The smallest absolute Gasteiger partial charge is 0.224 e. The number of ether oxygens (including phenoxy) is 1. The number of aromatic nitrogens is 2. The number of benzene rings is 1. The Balaban J connectivity index is 1.58. The molecule has 2 aromatic rings. The van der Waals surface area contributed by atoms with Crippen LogP contribution in [0.4, 0.5) is 5.82 Å². The van der Waals surface area contributed by atoms with E-state index in [4.69, 9.17) is 14.7 Å². The van der Waals surface area contributed by atoms with Gasteiger partial charge in [-0.25, -0.2) is 9.97 Å². The van der Waals surface area contributed by atoms with Crippen LogP contribution < -0.4 is 10.2 Å². The van der Waals surface area contributed by atoms with Crippen molar-refractivity contribution in [3.63, 3.8) is 0 Å². The summed E-state index contributed by atoms with van der Waals surface area (Å²) in [7, 11) is 1.65. The van der Waals surface area contributed by atoms with Gasteiger partial charge in [-0.1, -0.05) is 30.3 Å². The lowest BCUT2D eigenvalue weighted by molar-refractivity contribution is -0.125. The van der Waals surface area contributed by atoms with Gasteiger partial charge in [-0.15, -0.1) is 0 Å². The Hall–Kier alpha value is -2.47. The highest BCUT2D eigenvalue weighted by Gasteiger charge is 2.30. The molecule has 1 aliphatic heterocycles. The summed E-state index contributed by atoms with van der Waals surface area (Å²) in [5, 5.41) is 2.99. The first-order valence-corrected chi connectivity index (χ1v) is 10.2. The summed E-state index contributed by atoms with van der Waals surface area (Å²) in [5.41, 5.74) is 3.50. The van der Waals surface area contributed by atoms with Crippen molar-refractivity contribution >= 4 is 11.7 Å². The van der Waals surface area contributed by atoms with E-state index in [0.717, 1.165) is 62.4 Å². The molecule has 1 aromatic carbocycles. The number of piperidine rings is 1. The third-order valence-corrected chi connectivity index (χ3v) is 5.64. The van der Waals surface area contributed by atoms with Gasteiger partial charge in [-0.2, -0.15) is 0 Å². The minimum Gasteiger partial charge on any atom is -0.383 e. The summed E-state index contributed by atoms with van der Waals surface area (Å²) in [4.78, 5) is 24.7. The third kappa shape index (κ3) is 4.02. The number of carbonyl (C=O) groups excluding carboxylic acids is 1. The summed E-state index contributed by atoms with van der Waals surface area (Å²) in [6.45, 7) is 2.77. The van der Waals surface area contributed by atoms with E-state index in [1.54, 1.807) is 7.11 Å². The number of aryl methyl sites for hydroxylation is 1. The quantitative estimate of drug-likeness (QED) is 0.781. The van der Waals surface area contributed by atoms with Crippen LogP contribution in [0.1, 0.15) is 30.5 Å². The largest absolute Gasteiger partial charge is 0.383 e. The first-order chi connectivity index (χ1) is 13.8. The molecule has 1 aromatic heterocycles. The van der Waals surface area contributed by atoms with E-state index in [1.165, 1.54) is 11.3 Å². The number of nitrogens with one attached hydrogen (secondary N) is 1. The SMILES string of the molecule is COCCNC(=O)[C@@H]1CCCN(c2nc(-c3ccccc3)nc3c2CCC3)C1. The van der Waals surface area contributed by atoms with Crippen molar-refractivity contribution in [1.29, 1.82) is 0 Å². The zero-order valence-corrected chi connectivity index (χ0v) is 16.5. The maximum Gasteiger partial charge on any atom is 0.224 e. The Morgan fingerprint density at radius 1 is 1.21 bits per heavy atom. The first-order valence-electron chi connectivity index (χ1n) is 10.2. The second kappa shape index (κ2) is 8.69. The normalized spacial score (nSPS) is 18.8. The summed E-state index contributed by atoms with van der Waals surface area (Å²) in [6.07, 6.45) is 5.10. The van der Waals surface area contributed by atoms with Gasteiger partial charge in [0.05, 0.1) is 12.5 Å². The van der Waals surface area contributed by atoms with E-state index >= 15 is 0 Å². The van der Waals surface area contributed by atoms with Crippen molar-refractivity contribution in [2.75, 3.05) is 38.3 Å². The zero-order chi connectivity index (χ0) is 19.3. The van der Waals surface area contributed by atoms with Crippen molar-refractivity contribution in [2.45, 2.75) is 32.1 Å². The minimum atomic E-state index is -0.00204. The predicted molar refractivity (Wildman–Crippen MR) is 109 cm³/mol. The average Bonchev–Trinajstić information content (AvgIpc) is 3.22.